The number of pyridine rings is 1. The Kier molecular flexibility index (Phi) is 5.16. The Morgan fingerprint density at radius 3 is 2.74 bits per heavy atom. The van der Waals surface area contributed by atoms with E-state index in [-0.39, 0.29) is 0 Å². The molecule has 0 aliphatic carbocycles. The van der Waals surface area contributed by atoms with Gasteiger partial charge in [0.05, 0.1) is 11.8 Å². The number of anilines is 1. The standard InChI is InChI=1S/C18H27N3O2/c1-14(22)16-4-2-5-17(19-16)20-11-7-15(8-12-20)9-13-21-10-3-6-18(21)23/h2,4-5,14-15,22H,3,6-13H2,1H3/t14-/m1/s1. The zero-order valence-electron chi connectivity index (χ0n) is 13.9. The highest BCUT2D eigenvalue weighted by Crippen LogP contribution is 2.25. The second-order valence-electron chi connectivity index (χ2n) is 6.80. The van der Waals surface area contributed by atoms with Gasteiger partial charge in [-0.15, -0.1) is 0 Å². The van der Waals surface area contributed by atoms with Gasteiger partial charge in [-0.25, -0.2) is 4.98 Å². The first-order valence-electron chi connectivity index (χ1n) is 8.81. The lowest BCUT2D eigenvalue weighted by Crippen LogP contribution is -2.36. The molecule has 2 aliphatic rings. The van der Waals surface area contributed by atoms with Gasteiger partial charge in [-0.2, -0.15) is 0 Å². The number of hydrogen-bond acceptors (Lipinski definition) is 4. The maximum Gasteiger partial charge on any atom is 0.222 e. The molecular formula is C18H27N3O2. The largest absolute Gasteiger partial charge is 0.387 e. The Balaban J connectivity index is 1.48. The molecule has 1 aromatic rings. The minimum atomic E-state index is -0.523. The van der Waals surface area contributed by atoms with E-state index in [0.717, 1.165) is 69.8 Å². The highest BCUT2D eigenvalue weighted by atomic mass is 16.3. The fourth-order valence-corrected chi connectivity index (χ4v) is 3.58. The summed E-state index contributed by atoms with van der Waals surface area (Å²) in [4.78, 5) is 20.6. The first kappa shape index (κ1) is 16.2. The number of aliphatic hydroxyl groups excluding tert-OH is 1. The number of aliphatic hydroxyl groups is 1. The summed E-state index contributed by atoms with van der Waals surface area (Å²) in [6.07, 6.45) is 4.68. The van der Waals surface area contributed by atoms with Crippen molar-refractivity contribution in [1.29, 1.82) is 0 Å². The van der Waals surface area contributed by atoms with Crippen LogP contribution in [0, 0.1) is 5.92 Å². The molecule has 23 heavy (non-hydrogen) atoms. The Morgan fingerprint density at radius 1 is 1.30 bits per heavy atom. The van der Waals surface area contributed by atoms with Gasteiger partial charge in [0.1, 0.15) is 5.82 Å². The topological polar surface area (TPSA) is 56.7 Å². The average Bonchev–Trinajstić information content (AvgIpc) is 2.98. The quantitative estimate of drug-likeness (QED) is 0.906. The van der Waals surface area contributed by atoms with E-state index in [2.05, 4.69) is 9.88 Å². The lowest BCUT2D eigenvalue weighted by Gasteiger charge is -2.33. The van der Waals surface area contributed by atoms with Crippen molar-refractivity contribution in [2.75, 3.05) is 31.1 Å². The van der Waals surface area contributed by atoms with Crippen molar-refractivity contribution in [3.8, 4) is 0 Å². The molecule has 3 heterocycles. The van der Waals surface area contributed by atoms with E-state index in [4.69, 9.17) is 0 Å². The van der Waals surface area contributed by atoms with E-state index in [9.17, 15) is 9.90 Å². The molecule has 5 nitrogen and oxygen atoms in total. The molecule has 5 heteroatoms. The number of piperidine rings is 1. The molecule has 126 valence electrons. The normalized spacial score (nSPS) is 21.0. The van der Waals surface area contributed by atoms with Crippen molar-refractivity contribution in [2.24, 2.45) is 5.92 Å². The van der Waals surface area contributed by atoms with Gasteiger partial charge in [0.25, 0.3) is 0 Å². The zero-order valence-corrected chi connectivity index (χ0v) is 13.9. The molecule has 1 aromatic heterocycles. The van der Waals surface area contributed by atoms with E-state index in [1.165, 1.54) is 0 Å². The fraction of sp³-hybridized carbons (Fsp3) is 0.667. The molecule has 0 aromatic carbocycles. The van der Waals surface area contributed by atoms with Crippen LogP contribution in [0.15, 0.2) is 18.2 Å². The van der Waals surface area contributed by atoms with Crippen molar-refractivity contribution >= 4 is 11.7 Å². The zero-order chi connectivity index (χ0) is 16.2. The lowest BCUT2D eigenvalue weighted by molar-refractivity contribution is -0.127. The number of amides is 1. The molecule has 1 N–H and O–H groups in total. The summed E-state index contributed by atoms with van der Waals surface area (Å²) in [6.45, 7) is 5.65. The number of rotatable bonds is 5. The Labute approximate surface area is 138 Å². The van der Waals surface area contributed by atoms with E-state index >= 15 is 0 Å². The Morgan fingerprint density at radius 2 is 2.09 bits per heavy atom. The lowest BCUT2D eigenvalue weighted by atomic mass is 9.93. The van der Waals surface area contributed by atoms with Crippen molar-refractivity contribution in [1.82, 2.24) is 9.88 Å². The van der Waals surface area contributed by atoms with Gasteiger partial charge in [-0.1, -0.05) is 6.07 Å². The predicted molar refractivity (Wildman–Crippen MR) is 90.2 cm³/mol. The molecular weight excluding hydrogens is 290 g/mol. The summed E-state index contributed by atoms with van der Waals surface area (Å²) in [5.41, 5.74) is 0.733. The maximum absolute atomic E-state index is 11.7. The summed E-state index contributed by atoms with van der Waals surface area (Å²) in [6, 6.07) is 5.86. The molecule has 2 saturated heterocycles. The van der Waals surface area contributed by atoms with Gasteiger partial charge in [0, 0.05) is 32.6 Å². The average molecular weight is 317 g/mol. The van der Waals surface area contributed by atoms with Crippen molar-refractivity contribution in [2.45, 2.75) is 45.1 Å². The molecule has 0 bridgehead atoms. The van der Waals surface area contributed by atoms with Crippen LogP contribution < -0.4 is 4.90 Å². The minimum absolute atomic E-state index is 0.335. The van der Waals surface area contributed by atoms with Crippen LogP contribution in [0.2, 0.25) is 0 Å². The summed E-state index contributed by atoms with van der Waals surface area (Å²) >= 11 is 0. The molecule has 3 rings (SSSR count). The van der Waals surface area contributed by atoms with Gasteiger partial charge in [0.15, 0.2) is 0 Å². The number of carbonyl (C=O) groups excluding carboxylic acids is 1. The predicted octanol–water partition coefficient (Wildman–Crippen LogP) is 2.36. The molecule has 2 aliphatic heterocycles. The summed E-state index contributed by atoms with van der Waals surface area (Å²) < 4.78 is 0. The van der Waals surface area contributed by atoms with Crippen molar-refractivity contribution in [3.63, 3.8) is 0 Å². The van der Waals surface area contributed by atoms with E-state index < -0.39 is 6.10 Å². The van der Waals surface area contributed by atoms with Crippen LogP contribution in [-0.2, 0) is 4.79 Å². The third-order valence-corrected chi connectivity index (χ3v) is 5.10. The SMILES string of the molecule is C[C@@H](O)c1cccc(N2CCC(CCN3CCCC3=O)CC2)n1. The molecule has 0 unspecified atom stereocenters. The third kappa shape index (κ3) is 4.02. The highest BCUT2D eigenvalue weighted by Gasteiger charge is 2.24. The molecule has 0 radical (unpaired) electrons. The van der Waals surface area contributed by atoms with Gasteiger partial charge in [-0.3, -0.25) is 4.79 Å². The first-order chi connectivity index (χ1) is 11.1. The monoisotopic (exact) mass is 317 g/mol. The maximum atomic E-state index is 11.7. The smallest absolute Gasteiger partial charge is 0.222 e. The summed E-state index contributed by atoms with van der Waals surface area (Å²) in [5.74, 6) is 2.01. The second kappa shape index (κ2) is 7.30. The molecule has 0 saturated carbocycles. The number of nitrogens with zero attached hydrogens (tertiary/aromatic N) is 3. The van der Waals surface area contributed by atoms with Crippen LogP contribution in [0.5, 0.6) is 0 Å². The third-order valence-electron chi connectivity index (χ3n) is 5.10. The Hall–Kier alpha value is -1.62. The van der Waals surface area contributed by atoms with Gasteiger partial charge < -0.3 is 14.9 Å². The minimum Gasteiger partial charge on any atom is -0.387 e. The molecule has 1 atom stereocenters. The van der Waals surface area contributed by atoms with Crippen LogP contribution in [0.4, 0.5) is 5.82 Å². The Bertz CT molecular complexity index is 539. The van der Waals surface area contributed by atoms with Gasteiger partial charge in [-0.05, 0) is 50.7 Å². The summed E-state index contributed by atoms with van der Waals surface area (Å²) in [5, 5.41) is 9.67. The number of carbonyl (C=O) groups is 1. The first-order valence-corrected chi connectivity index (χ1v) is 8.81. The number of hydrogen-bond donors (Lipinski definition) is 1. The highest BCUT2D eigenvalue weighted by molar-refractivity contribution is 5.77. The van der Waals surface area contributed by atoms with Gasteiger partial charge >= 0.3 is 0 Å². The van der Waals surface area contributed by atoms with Crippen LogP contribution in [0.25, 0.3) is 0 Å². The number of aromatic nitrogens is 1. The van der Waals surface area contributed by atoms with Crippen LogP contribution in [0.3, 0.4) is 0 Å². The molecule has 2 fully saturated rings. The molecule has 0 spiro atoms. The van der Waals surface area contributed by atoms with Crippen LogP contribution in [0.1, 0.15) is 50.8 Å². The molecule has 1 amide bonds. The van der Waals surface area contributed by atoms with Crippen LogP contribution >= 0.6 is 0 Å². The van der Waals surface area contributed by atoms with E-state index in [1.807, 2.05) is 23.1 Å². The van der Waals surface area contributed by atoms with Crippen molar-refractivity contribution < 1.29 is 9.90 Å². The van der Waals surface area contributed by atoms with Crippen LogP contribution in [-0.4, -0.2) is 47.1 Å². The van der Waals surface area contributed by atoms with E-state index in [0.29, 0.717) is 11.8 Å². The fourth-order valence-electron chi connectivity index (χ4n) is 3.58. The van der Waals surface area contributed by atoms with Gasteiger partial charge in [0.2, 0.25) is 5.91 Å². The van der Waals surface area contributed by atoms with Crippen molar-refractivity contribution in [3.05, 3.63) is 23.9 Å². The number of likely N-dealkylation sites (tertiary alicyclic amines) is 1. The second-order valence-corrected chi connectivity index (χ2v) is 6.80. The summed E-state index contributed by atoms with van der Waals surface area (Å²) in [7, 11) is 0. The van der Waals surface area contributed by atoms with E-state index in [1.54, 1.807) is 6.92 Å².